The zero-order valence-corrected chi connectivity index (χ0v) is 14.1. The summed E-state index contributed by atoms with van der Waals surface area (Å²) >= 11 is 5.86. The van der Waals surface area contributed by atoms with Gasteiger partial charge in [-0.3, -0.25) is 0 Å². The molecule has 5 nitrogen and oxygen atoms in total. The van der Waals surface area contributed by atoms with Gasteiger partial charge in [0.15, 0.2) is 0 Å². The molecule has 0 bridgehead atoms. The topological polar surface area (TPSA) is 58.2 Å². The largest absolute Gasteiger partial charge is 0.371 e. The number of benzene rings is 1. The third kappa shape index (κ3) is 3.45. The summed E-state index contributed by atoms with van der Waals surface area (Å²) in [5.41, 5.74) is 10.4. The smallest absolute Gasteiger partial charge is 0.129 e. The zero-order chi connectivity index (χ0) is 16.4. The van der Waals surface area contributed by atoms with Crippen LogP contribution in [0.15, 0.2) is 42.6 Å². The number of aromatic nitrogens is 1. The lowest BCUT2D eigenvalue weighted by molar-refractivity contribution is 0.0277. The Balaban J connectivity index is 1.42. The molecule has 3 atom stereocenters. The zero-order valence-electron chi connectivity index (χ0n) is 13.3. The van der Waals surface area contributed by atoms with Crippen LogP contribution < -0.4 is 16.2 Å². The van der Waals surface area contributed by atoms with E-state index in [-0.39, 0.29) is 18.2 Å². The van der Waals surface area contributed by atoms with Gasteiger partial charge in [0.25, 0.3) is 0 Å². The van der Waals surface area contributed by atoms with Crippen molar-refractivity contribution >= 4 is 11.6 Å². The van der Waals surface area contributed by atoms with Crippen molar-refractivity contribution < 1.29 is 4.74 Å². The first-order valence-electron chi connectivity index (χ1n) is 8.34. The van der Waals surface area contributed by atoms with Gasteiger partial charge in [-0.05, 0) is 29.2 Å². The second-order valence-corrected chi connectivity index (χ2v) is 6.66. The number of nitrogens with zero attached hydrogens (tertiary/aromatic N) is 1. The highest BCUT2D eigenvalue weighted by Crippen LogP contribution is 2.31. The predicted molar refractivity (Wildman–Crippen MR) is 93.6 cm³/mol. The maximum atomic E-state index is 5.86. The van der Waals surface area contributed by atoms with Gasteiger partial charge in [-0.2, -0.15) is 0 Å². The minimum atomic E-state index is 0.162. The first kappa shape index (κ1) is 16.0. The van der Waals surface area contributed by atoms with Crippen LogP contribution in [0.5, 0.6) is 0 Å². The molecule has 126 valence electrons. The molecule has 2 fully saturated rings. The Morgan fingerprint density at radius 1 is 0.958 bits per heavy atom. The van der Waals surface area contributed by atoms with Crippen LogP contribution in [0.3, 0.4) is 0 Å². The summed E-state index contributed by atoms with van der Waals surface area (Å²) in [5.74, 6) is 0. The molecule has 2 aliphatic rings. The van der Waals surface area contributed by atoms with Crippen LogP contribution in [0.1, 0.15) is 41.3 Å². The van der Waals surface area contributed by atoms with E-state index in [4.69, 9.17) is 16.3 Å². The van der Waals surface area contributed by atoms with Crippen LogP contribution in [-0.4, -0.2) is 24.7 Å². The van der Waals surface area contributed by atoms with E-state index in [0.29, 0.717) is 5.15 Å². The fourth-order valence-electron chi connectivity index (χ4n) is 3.31. The molecule has 0 saturated carbocycles. The van der Waals surface area contributed by atoms with Crippen molar-refractivity contribution in [2.45, 2.75) is 24.6 Å². The standard InChI is InChI=1S/C18H21ClN4O/c19-18-6-5-14(10-21-18)16-9-15(22-23-16)12-1-3-13(4-2-12)17-11-20-7-8-24-17/h1-6,10,15-17,20,22-23H,7-9,11H2/t15?,16?,17-/m0/s1. The van der Waals surface area contributed by atoms with E-state index in [2.05, 4.69) is 45.4 Å². The maximum absolute atomic E-state index is 5.86. The van der Waals surface area contributed by atoms with Crippen LogP contribution in [0.4, 0.5) is 0 Å². The summed E-state index contributed by atoms with van der Waals surface area (Å²) in [6, 6.07) is 13.1. The Kier molecular flexibility index (Phi) is 4.78. The molecule has 3 heterocycles. The van der Waals surface area contributed by atoms with Gasteiger partial charge >= 0.3 is 0 Å². The number of hydrogen-bond donors (Lipinski definition) is 3. The van der Waals surface area contributed by atoms with Crippen molar-refractivity contribution in [2.75, 3.05) is 19.7 Å². The molecule has 4 rings (SSSR count). The molecular weight excluding hydrogens is 324 g/mol. The first-order chi connectivity index (χ1) is 11.8. The van der Waals surface area contributed by atoms with Crippen LogP contribution in [-0.2, 0) is 4.74 Å². The van der Waals surface area contributed by atoms with Crippen molar-refractivity contribution in [3.05, 3.63) is 64.4 Å². The van der Waals surface area contributed by atoms with E-state index in [0.717, 1.165) is 31.7 Å². The number of ether oxygens (including phenoxy) is 1. The Morgan fingerprint density at radius 2 is 1.67 bits per heavy atom. The second kappa shape index (κ2) is 7.17. The Hall–Kier alpha value is -1.50. The van der Waals surface area contributed by atoms with Gasteiger partial charge in [0.05, 0.1) is 12.7 Å². The molecule has 0 aliphatic carbocycles. The molecular formula is C18H21ClN4O. The highest BCUT2D eigenvalue weighted by Gasteiger charge is 2.26. The highest BCUT2D eigenvalue weighted by atomic mass is 35.5. The number of pyridine rings is 1. The van der Waals surface area contributed by atoms with Gasteiger partial charge in [-0.1, -0.05) is 41.9 Å². The van der Waals surface area contributed by atoms with Crippen LogP contribution in [0.2, 0.25) is 5.15 Å². The average molecular weight is 345 g/mol. The lowest BCUT2D eigenvalue weighted by Gasteiger charge is -2.24. The quantitative estimate of drug-likeness (QED) is 0.747. The van der Waals surface area contributed by atoms with Crippen molar-refractivity contribution in [1.82, 2.24) is 21.2 Å². The number of hydrazine groups is 1. The molecule has 0 spiro atoms. The molecule has 0 amide bonds. The normalized spacial score (nSPS) is 27.3. The molecule has 2 aliphatic heterocycles. The lowest BCUT2D eigenvalue weighted by Crippen LogP contribution is -2.33. The van der Waals surface area contributed by atoms with E-state index in [9.17, 15) is 0 Å². The summed E-state index contributed by atoms with van der Waals surface area (Å²) in [6.45, 7) is 2.60. The molecule has 6 heteroatoms. The number of morpholine rings is 1. The SMILES string of the molecule is Clc1ccc(C2CC(c3ccc([C@@H]4CNCCO4)cc3)NN2)cn1. The monoisotopic (exact) mass is 344 g/mol. The van der Waals surface area contributed by atoms with Crippen molar-refractivity contribution in [3.63, 3.8) is 0 Å². The summed E-state index contributed by atoms with van der Waals surface area (Å²) in [7, 11) is 0. The first-order valence-corrected chi connectivity index (χ1v) is 8.72. The Morgan fingerprint density at radius 3 is 2.33 bits per heavy atom. The average Bonchev–Trinajstić information content (AvgIpc) is 3.13. The molecule has 1 aromatic heterocycles. The van der Waals surface area contributed by atoms with E-state index < -0.39 is 0 Å². The summed E-state index contributed by atoms with van der Waals surface area (Å²) in [6.07, 6.45) is 2.97. The highest BCUT2D eigenvalue weighted by molar-refractivity contribution is 6.29. The fraction of sp³-hybridized carbons (Fsp3) is 0.389. The summed E-state index contributed by atoms with van der Waals surface area (Å²) < 4.78 is 5.81. The van der Waals surface area contributed by atoms with Gasteiger partial charge in [0.2, 0.25) is 0 Å². The number of rotatable bonds is 3. The molecule has 2 unspecified atom stereocenters. The second-order valence-electron chi connectivity index (χ2n) is 6.27. The molecule has 24 heavy (non-hydrogen) atoms. The van der Waals surface area contributed by atoms with Crippen LogP contribution in [0.25, 0.3) is 0 Å². The van der Waals surface area contributed by atoms with E-state index >= 15 is 0 Å². The molecule has 1 aromatic carbocycles. The van der Waals surface area contributed by atoms with Gasteiger partial charge in [0.1, 0.15) is 5.15 Å². The van der Waals surface area contributed by atoms with E-state index in [1.54, 1.807) is 0 Å². The third-order valence-corrected chi connectivity index (χ3v) is 4.92. The number of nitrogens with one attached hydrogen (secondary N) is 3. The predicted octanol–water partition coefficient (Wildman–Crippen LogP) is 2.68. The summed E-state index contributed by atoms with van der Waals surface area (Å²) in [5, 5.41) is 3.89. The van der Waals surface area contributed by atoms with Crippen LogP contribution >= 0.6 is 11.6 Å². The molecule has 0 radical (unpaired) electrons. The molecule has 3 N–H and O–H groups in total. The maximum Gasteiger partial charge on any atom is 0.129 e. The number of halogens is 1. The van der Waals surface area contributed by atoms with Gasteiger partial charge in [0, 0.05) is 31.4 Å². The van der Waals surface area contributed by atoms with Gasteiger partial charge in [-0.25, -0.2) is 15.8 Å². The fourth-order valence-corrected chi connectivity index (χ4v) is 3.42. The third-order valence-electron chi connectivity index (χ3n) is 4.69. The van der Waals surface area contributed by atoms with E-state index in [1.165, 1.54) is 11.1 Å². The van der Waals surface area contributed by atoms with Crippen LogP contribution in [0, 0.1) is 0 Å². The minimum absolute atomic E-state index is 0.162. The van der Waals surface area contributed by atoms with E-state index in [1.807, 2.05) is 18.3 Å². The number of hydrogen-bond acceptors (Lipinski definition) is 5. The summed E-state index contributed by atoms with van der Waals surface area (Å²) in [4.78, 5) is 4.16. The Labute approximate surface area is 146 Å². The molecule has 2 aromatic rings. The lowest BCUT2D eigenvalue weighted by atomic mass is 9.97. The van der Waals surface area contributed by atoms with Crippen molar-refractivity contribution in [2.24, 2.45) is 0 Å². The van der Waals surface area contributed by atoms with Crippen molar-refractivity contribution in [1.29, 1.82) is 0 Å². The molecule has 2 saturated heterocycles. The Bertz CT molecular complexity index is 670. The van der Waals surface area contributed by atoms with Gasteiger partial charge in [-0.15, -0.1) is 0 Å². The minimum Gasteiger partial charge on any atom is -0.371 e. The van der Waals surface area contributed by atoms with Gasteiger partial charge < -0.3 is 10.1 Å². The van der Waals surface area contributed by atoms with Crippen molar-refractivity contribution in [3.8, 4) is 0 Å².